The van der Waals surface area contributed by atoms with Gasteiger partial charge in [0.2, 0.25) is 0 Å². The van der Waals surface area contributed by atoms with Gasteiger partial charge in [-0.15, -0.1) is 0 Å². The summed E-state index contributed by atoms with van der Waals surface area (Å²) in [4.78, 5) is 12.5. The van der Waals surface area contributed by atoms with Gasteiger partial charge in [0.15, 0.2) is 6.29 Å². The molecule has 0 spiro atoms. The summed E-state index contributed by atoms with van der Waals surface area (Å²) in [7, 11) is 0. The minimum absolute atomic E-state index is 0.113. The summed E-state index contributed by atoms with van der Waals surface area (Å²) in [6.07, 6.45) is 14.1. The molecule has 1 saturated heterocycles. The first kappa shape index (κ1) is 37.0. The molecule has 4 N–H and O–H groups in total. The first-order valence-corrected chi connectivity index (χ1v) is 15.8. The number of esters is 1. The Morgan fingerprint density at radius 1 is 0.775 bits per heavy atom. The Morgan fingerprint density at radius 3 is 2.12 bits per heavy atom. The van der Waals surface area contributed by atoms with Gasteiger partial charge in [-0.25, -0.2) is 0 Å². The SMILES string of the molecule is CCC/C=C\CCCCCCCCOCC(COC1OC(CO)C(O)C(O)C1O)OC(=O)CCCCCCCC. The van der Waals surface area contributed by atoms with Crippen LogP contribution in [0.4, 0.5) is 0 Å². The van der Waals surface area contributed by atoms with Gasteiger partial charge in [0.05, 0.1) is 19.8 Å². The molecule has 1 rings (SSSR count). The van der Waals surface area contributed by atoms with Crippen molar-refractivity contribution in [1.82, 2.24) is 0 Å². The zero-order chi connectivity index (χ0) is 29.4. The second-order valence-corrected chi connectivity index (χ2v) is 10.9. The molecular weight excluding hydrogens is 516 g/mol. The van der Waals surface area contributed by atoms with E-state index in [1.165, 1.54) is 57.8 Å². The Hall–Kier alpha value is -1.07. The number of carbonyl (C=O) groups is 1. The Morgan fingerprint density at radius 2 is 1.43 bits per heavy atom. The summed E-state index contributed by atoms with van der Waals surface area (Å²) < 4.78 is 22.4. The number of allylic oxidation sites excluding steroid dienone is 2. The maximum absolute atomic E-state index is 12.5. The highest BCUT2D eigenvalue weighted by atomic mass is 16.7. The number of carbonyl (C=O) groups excluding carboxylic acids is 1. The van der Waals surface area contributed by atoms with Crippen LogP contribution in [0.15, 0.2) is 12.2 Å². The zero-order valence-electron chi connectivity index (χ0n) is 25.1. The molecular formula is C31H58O9. The highest BCUT2D eigenvalue weighted by molar-refractivity contribution is 5.69. The minimum Gasteiger partial charge on any atom is -0.457 e. The molecule has 0 radical (unpaired) electrons. The van der Waals surface area contributed by atoms with Crippen molar-refractivity contribution in [2.45, 2.75) is 153 Å². The van der Waals surface area contributed by atoms with E-state index >= 15 is 0 Å². The summed E-state index contributed by atoms with van der Waals surface area (Å²) in [6, 6.07) is 0. The standard InChI is InChI=1S/C31H58O9/c1-3-5-7-9-11-12-13-14-15-17-19-21-37-23-25(39-27(33)20-18-16-10-8-6-4-2)24-38-31-30(36)29(35)28(34)26(22-32)40-31/h7,9,25-26,28-32,34-36H,3-6,8,10-24H2,1-2H3/b9-7-. The average Bonchev–Trinajstić information content (AvgIpc) is 2.95. The first-order chi connectivity index (χ1) is 19.4. The van der Waals surface area contributed by atoms with Gasteiger partial charge in [0.1, 0.15) is 30.5 Å². The first-order valence-electron chi connectivity index (χ1n) is 15.8. The quantitative estimate of drug-likeness (QED) is 0.0702. The summed E-state index contributed by atoms with van der Waals surface area (Å²) >= 11 is 0. The highest BCUT2D eigenvalue weighted by Crippen LogP contribution is 2.22. The predicted molar refractivity (Wildman–Crippen MR) is 155 cm³/mol. The van der Waals surface area contributed by atoms with E-state index in [-0.39, 0.29) is 19.2 Å². The van der Waals surface area contributed by atoms with E-state index < -0.39 is 43.4 Å². The topological polar surface area (TPSA) is 135 Å². The molecule has 0 bridgehead atoms. The molecule has 6 atom stereocenters. The largest absolute Gasteiger partial charge is 0.457 e. The molecule has 1 aliphatic rings. The van der Waals surface area contributed by atoms with E-state index in [9.17, 15) is 25.2 Å². The van der Waals surface area contributed by atoms with Gasteiger partial charge < -0.3 is 39.4 Å². The fraction of sp³-hybridized carbons (Fsp3) is 0.903. The Kier molecular flexibility index (Phi) is 22.7. The van der Waals surface area contributed by atoms with Crippen molar-refractivity contribution in [1.29, 1.82) is 0 Å². The maximum Gasteiger partial charge on any atom is 0.306 e. The third-order valence-corrected chi connectivity index (χ3v) is 7.16. The fourth-order valence-electron chi connectivity index (χ4n) is 4.61. The number of ether oxygens (including phenoxy) is 4. The predicted octanol–water partition coefficient (Wildman–Crippen LogP) is 4.57. The van der Waals surface area contributed by atoms with E-state index in [0.717, 1.165) is 38.5 Å². The molecule has 0 aliphatic carbocycles. The third-order valence-electron chi connectivity index (χ3n) is 7.16. The number of unbranched alkanes of at least 4 members (excludes halogenated alkanes) is 12. The van der Waals surface area contributed by atoms with Crippen LogP contribution >= 0.6 is 0 Å². The molecule has 6 unspecified atom stereocenters. The molecule has 1 aliphatic heterocycles. The van der Waals surface area contributed by atoms with Crippen LogP contribution in [-0.4, -0.2) is 89.6 Å². The van der Waals surface area contributed by atoms with E-state index in [1.54, 1.807) is 0 Å². The van der Waals surface area contributed by atoms with Gasteiger partial charge in [-0.05, 0) is 32.1 Å². The van der Waals surface area contributed by atoms with Gasteiger partial charge in [0.25, 0.3) is 0 Å². The Balaban J connectivity index is 2.39. The van der Waals surface area contributed by atoms with E-state index in [1.807, 2.05) is 0 Å². The molecule has 0 aromatic rings. The molecule has 9 nitrogen and oxygen atoms in total. The van der Waals surface area contributed by atoms with Crippen molar-refractivity contribution >= 4 is 5.97 Å². The molecule has 9 heteroatoms. The Labute approximate surface area is 242 Å². The summed E-state index contributed by atoms with van der Waals surface area (Å²) in [5.74, 6) is -0.328. The summed E-state index contributed by atoms with van der Waals surface area (Å²) in [5.41, 5.74) is 0. The summed E-state index contributed by atoms with van der Waals surface area (Å²) in [5, 5.41) is 39.6. The van der Waals surface area contributed by atoms with Gasteiger partial charge in [0, 0.05) is 13.0 Å². The van der Waals surface area contributed by atoms with Gasteiger partial charge in [-0.1, -0.05) is 90.2 Å². The van der Waals surface area contributed by atoms with E-state index in [2.05, 4.69) is 26.0 Å². The minimum atomic E-state index is -1.53. The van der Waals surface area contributed by atoms with Crippen molar-refractivity contribution in [3.05, 3.63) is 12.2 Å². The van der Waals surface area contributed by atoms with Gasteiger partial charge in [-0.3, -0.25) is 4.79 Å². The lowest BCUT2D eigenvalue weighted by atomic mass is 9.99. The van der Waals surface area contributed by atoms with Gasteiger partial charge in [-0.2, -0.15) is 0 Å². The molecule has 236 valence electrons. The van der Waals surface area contributed by atoms with Crippen LogP contribution in [0.25, 0.3) is 0 Å². The van der Waals surface area contributed by atoms with Crippen molar-refractivity contribution in [3.8, 4) is 0 Å². The molecule has 0 saturated carbocycles. The number of aliphatic hydroxyl groups is 4. The third kappa shape index (κ3) is 17.0. The smallest absolute Gasteiger partial charge is 0.306 e. The number of rotatable bonds is 25. The average molecular weight is 575 g/mol. The molecule has 1 heterocycles. The number of hydrogen-bond acceptors (Lipinski definition) is 9. The second-order valence-electron chi connectivity index (χ2n) is 10.9. The lowest BCUT2D eigenvalue weighted by molar-refractivity contribution is -0.305. The van der Waals surface area contributed by atoms with Crippen molar-refractivity contribution < 1.29 is 44.2 Å². The lowest BCUT2D eigenvalue weighted by Gasteiger charge is -2.39. The van der Waals surface area contributed by atoms with Crippen molar-refractivity contribution in [2.24, 2.45) is 0 Å². The van der Waals surface area contributed by atoms with E-state index in [4.69, 9.17) is 18.9 Å². The van der Waals surface area contributed by atoms with Crippen LogP contribution in [0.2, 0.25) is 0 Å². The zero-order valence-corrected chi connectivity index (χ0v) is 25.1. The van der Waals surface area contributed by atoms with E-state index in [0.29, 0.717) is 13.0 Å². The van der Waals surface area contributed by atoms with Crippen molar-refractivity contribution in [3.63, 3.8) is 0 Å². The van der Waals surface area contributed by atoms with Gasteiger partial charge >= 0.3 is 5.97 Å². The number of hydrogen-bond donors (Lipinski definition) is 4. The van der Waals surface area contributed by atoms with Crippen molar-refractivity contribution in [2.75, 3.05) is 26.4 Å². The van der Waals surface area contributed by atoms with Crippen LogP contribution in [0.5, 0.6) is 0 Å². The maximum atomic E-state index is 12.5. The number of aliphatic hydroxyl groups excluding tert-OH is 4. The molecule has 1 fully saturated rings. The lowest BCUT2D eigenvalue weighted by Crippen LogP contribution is -2.59. The summed E-state index contributed by atoms with van der Waals surface area (Å²) in [6.45, 7) is 4.39. The molecule has 0 aromatic carbocycles. The normalized spacial score (nSPS) is 24.0. The highest BCUT2D eigenvalue weighted by Gasteiger charge is 2.44. The van der Waals surface area contributed by atoms with Crippen LogP contribution < -0.4 is 0 Å². The van der Waals surface area contributed by atoms with Crippen LogP contribution in [-0.2, 0) is 23.7 Å². The monoisotopic (exact) mass is 574 g/mol. The fourth-order valence-corrected chi connectivity index (χ4v) is 4.61. The van der Waals surface area contributed by atoms with Crippen LogP contribution in [0, 0.1) is 0 Å². The second kappa shape index (κ2) is 24.5. The van der Waals surface area contributed by atoms with Crippen LogP contribution in [0.1, 0.15) is 117 Å². The molecule has 40 heavy (non-hydrogen) atoms. The van der Waals surface area contributed by atoms with Crippen LogP contribution in [0.3, 0.4) is 0 Å². The molecule has 0 amide bonds. The Bertz CT molecular complexity index is 628. The molecule has 0 aromatic heterocycles.